The number of anilines is 1. The Kier molecular flexibility index (Phi) is 3.18. The molecule has 0 bridgehead atoms. The predicted molar refractivity (Wildman–Crippen MR) is 64.9 cm³/mol. The number of hydrogen-bond donors (Lipinski definition) is 2. The van der Waals surface area contributed by atoms with Gasteiger partial charge in [0, 0.05) is 12.7 Å². The van der Waals surface area contributed by atoms with Crippen LogP contribution in [-0.4, -0.2) is 39.5 Å². The van der Waals surface area contributed by atoms with Crippen LogP contribution in [-0.2, 0) is 4.79 Å². The average Bonchev–Trinajstić information content (AvgIpc) is 2.71. The summed E-state index contributed by atoms with van der Waals surface area (Å²) in [4.78, 5) is 28.7. The summed E-state index contributed by atoms with van der Waals surface area (Å²) in [7, 11) is 0. The Bertz CT molecular complexity index is 489. The minimum Gasteiger partial charge on any atom is -0.480 e. The first-order valence-electron chi connectivity index (χ1n) is 5.76. The number of carboxylic acids is 1. The Hall–Kier alpha value is -2.11. The summed E-state index contributed by atoms with van der Waals surface area (Å²) in [5.41, 5.74) is 6.08. The second-order valence-corrected chi connectivity index (χ2v) is 4.49. The van der Waals surface area contributed by atoms with Crippen LogP contribution in [0.15, 0.2) is 18.3 Å². The highest BCUT2D eigenvalue weighted by molar-refractivity contribution is 5.99. The number of rotatable bonds is 2. The van der Waals surface area contributed by atoms with E-state index in [-0.39, 0.29) is 17.3 Å². The summed E-state index contributed by atoms with van der Waals surface area (Å²) >= 11 is 0. The van der Waals surface area contributed by atoms with Gasteiger partial charge in [0.1, 0.15) is 6.04 Å². The van der Waals surface area contributed by atoms with Gasteiger partial charge < -0.3 is 15.7 Å². The predicted octanol–water partition coefficient (Wildman–Crippen LogP) is 0.599. The zero-order chi connectivity index (χ0) is 13.3. The molecule has 2 atom stereocenters. The Morgan fingerprint density at radius 2 is 2.28 bits per heavy atom. The fourth-order valence-electron chi connectivity index (χ4n) is 2.28. The summed E-state index contributed by atoms with van der Waals surface area (Å²) in [6.07, 6.45) is 2.15. The van der Waals surface area contributed by atoms with E-state index >= 15 is 0 Å². The van der Waals surface area contributed by atoms with Gasteiger partial charge in [-0.2, -0.15) is 0 Å². The van der Waals surface area contributed by atoms with Crippen LogP contribution in [0.1, 0.15) is 23.8 Å². The maximum absolute atomic E-state index is 12.2. The van der Waals surface area contributed by atoms with Gasteiger partial charge in [-0.1, -0.05) is 6.92 Å². The van der Waals surface area contributed by atoms with E-state index in [1.165, 1.54) is 11.1 Å². The van der Waals surface area contributed by atoms with Crippen LogP contribution >= 0.6 is 0 Å². The SMILES string of the molecule is CC1CCN(C(=O)c2ncccc2N)C1C(=O)O. The zero-order valence-electron chi connectivity index (χ0n) is 10.0. The largest absolute Gasteiger partial charge is 0.480 e. The number of carbonyl (C=O) groups is 2. The minimum absolute atomic E-state index is 0.0589. The number of nitrogen functional groups attached to an aromatic ring is 1. The van der Waals surface area contributed by atoms with E-state index in [9.17, 15) is 14.7 Å². The zero-order valence-corrected chi connectivity index (χ0v) is 10.0. The molecule has 0 saturated carbocycles. The number of hydrogen-bond acceptors (Lipinski definition) is 4. The second kappa shape index (κ2) is 4.64. The number of carboxylic acid groups (broad SMARTS) is 1. The van der Waals surface area contributed by atoms with Crippen molar-refractivity contribution in [3.05, 3.63) is 24.0 Å². The van der Waals surface area contributed by atoms with E-state index in [2.05, 4.69) is 4.98 Å². The molecule has 0 aromatic carbocycles. The Morgan fingerprint density at radius 1 is 1.56 bits per heavy atom. The fraction of sp³-hybridized carbons (Fsp3) is 0.417. The van der Waals surface area contributed by atoms with Gasteiger partial charge in [-0.05, 0) is 24.5 Å². The molecular weight excluding hydrogens is 234 g/mol. The van der Waals surface area contributed by atoms with Crippen LogP contribution in [0, 0.1) is 5.92 Å². The molecule has 2 rings (SSSR count). The van der Waals surface area contributed by atoms with Crippen molar-refractivity contribution in [2.45, 2.75) is 19.4 Å². The molecular formula is C12H15N3O3. The summed E-state index contributed by atoms with van der Waals surface area (Å²) < 4.78 is 0. The summed E-state index contributed by atoms with van der Waals surface area (Å²) in [5, 5.41) is 9.17. The van der Waals surface area contributed by atoms with Gasteiger partial charge in [-0.25, -0.2) is 9.78 Å². The Balaban J connectivity index is 2.29. The molecule has 1 fully saturated rings. The van der Waals surface area contributed by atoms with Crippen LogP contribution in [0.3, 0.4) is 0 Å². The molecule has 1 saturated heterocycles. The first-order chi connectivity index (χ1) is 8.52. The first-order valence-corrected chi connectivity index (χ1v) is 5.76. The van der Waals surface area contributed by atoms with Crippen LogP contribution < -0.4 is 5.73 Å². The number of pyridine rings is 1. The number of nitrogens with two attached hydrogens (primary N) is 1. The van der Waals surface area contributed by atoms with Crippen molar-refractivity contribution in [3.8, 4) is 0 Å². The average molecular weight is 249 g/mol. The molecule has 96 valence electrons. The van der Waals surface area contributed by atoms with E-state index in [0.717, 1.165) is 0 Å². The quantitative estimate of drug-likeness (QED) is 0.800. The molecule has 2 unspecified atom stereocenters. The monoisotopic (exact) mass is 249 g/mol. The van der Waals surface area contributed by atoms with E-state index in [1.807, 2.05) is 6.92 Å². The van der Waals surface area contributed by atoms with E-state index in [4.69, 9.17) is 5.73 Å². The lowest BCUT2D eigenvalue weighted by atomic mass is 10.0. The number of amides is 1. The summed E-state index contributed by atoms with van der Waals surface area (Å²) in [5.74, 6) is -1.45. The van der Waals surface area contributed by atoms with Gasteiger partial charge in [-0.3, -0.25) is 4.79 Å². The third-order valence-corrected chi connectivity index (χ3v) is 3.26. The van der Waals surface area contributed by atoms with Crippen LogP contribution in [0.4, 0.5) is 5.69 Å². The van der Waals surface area contributed by atoms with Crippen molar-refractivity contribution in [3.63, 3.8) is 0 Å². The molecule has 6 heteroatoms. The topological polar surface area (TPSA) is 96.5 Å². The van der Waals surface area contributed by atoms with Gasteiger partial charge in [0.05, 0.1) is 5.69 Å². The second-order valence-electron chi connectivity index (χ2n) is 4.49. The maximum Gasteiger partial charge on any atom is 0.326 e. The molecule has 2 heterocycles. The highest BCUT2D eigenvalue weighted by atomic mass is 16.4. The highest BCUT2D eigenvalue weighted by Gasteiger charge is 2.40. The van der Waals surface area contributed by atoms with Gasteiger partial charge in [-0.15, -0.1) is 0 Å². The molecule has 0 aliphatic carbocycles. The van der Waals surface area contributed by atoms with Crippen molar-refractivity contribution in [1.82, 2.24) is 9.88 Å². The number of nitrogens with zero attached hydrogens (tertiary/aromatic N) is 2. The lowest BCUT2D eigenvalue weighted by molar-refractivity contribution is -0.142. The molecule has 6 nitrogen and oxygen atoms in total. The third-order valence-electron chi connectivity index (χ3n) is 3.26. The molecule has 1 aliphatic heterocycles. The third kappa shape index (κ3) is 2.01. The highest BCUT2D eigenvalue weighted by Crippen LogP contribution is 2.26. The molecule has 0 radical (unpaired) electrons. The molecule has 3 N–H and O–H groups in total. The molecule has 1 aromatic heterocycles. The number of likely N-dealkylation sites (tertiary alicyclic amines) is 1. The maximum atomic E-state index is 12.2. The van der Waals surface area contributed by atoms with Crippen molar-refractivity contribution < 1.29 is 14.7 Å². The Morgan fingerprint density at radius 3 is 2.89 bits per heavy atom. The van der Waals surface area contributed by atoms with E-state index in [0.29, 0.717) is 13.0 Å². The Labute approximate surface area is 104 Å². The van der Waals surface area contributed by atoms with Crippen molar-refractivity contribution >= 4 is 17.6 Å². The summed E-state index contributed by atoms with van der Waals surface area (Å²) in [6, 6.07) is 2.42. The minimum atomic E-state index is -0.983. The van der Waals surface area contributed by atoms with Crippen LogP contribution in [0.5, 0.6) is 0 Å². The normalized spacial score (nSPS) is 23.1. The molecule has 18 heavy (non-hydrogen) atoms. The number of aliphatic carboxylic acids is 1. The van der Waals surface area contributed by atoms with Crippen molar-refractivity contribution in [2.24, 2.45) is 5.92 Å². The van der Waals surface area contributed by atoms with Crippen LogP contribution in [0.2, 0.25) is 0 Å². The number of carbonyl (C=O) groups excluding carboxylic acids is 1. The van der Waals surface area contributed by atoms with E-state index < -0.39 is 17.9 Å². The smallest absolute Gasteiger partial charge is 0.326 e. The van der Waals surface area contributed by atoms with Gasteiger partial charge in [0.2, 0.25) is 0 Å². The molecule has 0 spiro atoms. The summed E-state index contributed by atoms with van der Waals surface area (Å²) in [6.45, 7) is 2.25. The fourth-order valence-corrected chi connectivity index (χ4v) is 2.28. The van der Waals surface area contributed by atoms with Crippen LogP contribution in [0.25, 0.3) is 0 Å². The van der Waals surface area contributed by atoms with Crippen molar-refractivity contribution in [1.29, 1.82) is 0 Å². The standard InChI is InChI=1S/C12H15N3O3/c1-7-4-6-15(10(7)12(17)18)11(16)9-8(13)3-2-5-14-9/h2-3,5,7,10H,4,6,13H2,1H3,(H,17,18). The van der Waals surface area contributed by atoms with E-state index in [1.54, 1.807) is 12.1 Å². The number of aromatic nitrogens is 1. The first kappa shape index (κ1) is 12.3. The van der Waals surface area contributed by atoms with Gasteiger partial charge in [0.15, 0.2) is 5.69 Å². The van der Waals surface area contributed by atoms with Gasteiger partial charge >= 0.3 is 5.97 Å². The molecule has 1 aliphatic rings. The lowest BCUT2D eigenvalue weighted by Gasteiger charge is -2.23. The molecule has 1 aromatic rings. The van der Waals surface area contributed by atoms with Gasteiger partial charge in [0.25, 0.3) is 5.91 Å². The molecule has 1 amide bonds. The lowest BCUT2D eigenvalue weighted by Crippen LogP contribution is -2.43. The van der Waals surface area contributed by atoms with Crippen molar-refractivity contribution in [2.75, 3.05) is 12.3 Å².